The van der Waals surface area contributed by atoms with Gasteiger partial charge in [0.05, 0.1) is 5.52 Å². The first kappa shape index (κ1) is 9.06. The van der Waals surface area contributed by atoms with Gasteiger partial charge in [-0.2, -0.15) is 0 Å². The number of hydrogen-bond donors (Lipinski definition) is 0. The van der Waals surface area contributed by atoms with E-state index < -0.39 is 0 Å². The van der Waals surface area contributed by atoms with Crippen molar-refractivity contribution in [3.8, 4) is 0 Å². The van der Waals surface area contributed by atoms with Crippen LogP contribution in [0.15, 0.2) is 27.4 Å². The van der Waals surface area contributed by atoms with E-state index in [1.165, 1.54) is 10.1 Å². The van der Waals surface area contributed by atoms with Crippen LogP contribution in [0.3, 0.4) is 0 Å². The number of fused-ring (bicyclic) bond motifs is 1. The largest absolute Gasteiger partial charge is 0.419 e. The standard InChI is InChI=1S/C11H13NO2/c1-7(2)8-4-5-10-9(6-8)12(3)11(13)14-10/h4-7H,1-3H3. The van der Waals surface area contributed by atoms with Gasteiger partial charge < -0.3 is 4.42 Å². The zero-order valence-corrected chi connectivity index (χ0v) is 8.57. The van der Waals surface area contributed by atoms with E-state index in [1.54, 1.807) is 7.05 Å². The minimum atomic E-state index is -0.305. The van der Waals surface area contributed by atoms with Gasteiger partial charge >= 0.3 is 5.76 Å². The Morgan fingerprint density at radius 1 is 1.36 bits per heavy atom. The summed E-state index contributed by atoms with van der Waals surface area (Å²) >= 11 is 0. The first-order valence-corrected chi connectivity index (χ1v) is 4.69. The highest BCUT2D eigenvalue weighted by Crippen LogP contribution is 2.19. The molecule has 1 aromatic heterocycles. The molecule has 1 aromatic carbocycles. The van der Waals surface area contributed by atoms with Gasteiger partial charge in [0.25, 0.3) is 0 Å². The molecule has 0 N–H and O–H groups in total. The second-order valence-corrected chi connectivity index (χ2v) is 3.81. The van der Waals surface area contributed by atoms with Crippen molar-refractivity contribution >= 4 is 11.1 Å². The van der Waals surface area contributed by atoms with Crippen molar-refractivity contribution in [3.05, 3.63) is 34.3 Å². The van der Waals surface area contributed by atoms with Crippen LogP contribution in [-0.2, 0) is 7.05 Å². The smallest absolute Gasteiger partial charge is 0.408 e. The molecule has 0 spiro atoms. The molecule has 2 rings (SSSR count). The Labute approximate surface area is 82.0 Å². The Morgan fingerprint density at radius 2 is 2.07 bits per heavy atom. The molecule has 2 aromatic rings. The summed E-state index contributed by atoms with van der Waals surface area (Å²) in [5.74, 6) is 0.158. The van der Waals surface area contributed by atoms with Crippen LogP contribution in [0.1, 0.15) is 25.3 Å². The fourth-order valence-corrected chi connectivity index (χ4v) is 1.50. The summed E-state index contributed by atoms with van der Waals surface area (Å²) in [5.41, 5.74) is 2.73. The number of benzene rings is 1. The highest BCUT2D eigenvalue weighted by atomic mass is 16.4. The van der Waals surface area contributed by atoms with E-state index in [0.29, 0.717) is 11.5 Å². The van der Waals surface area contributed by atoms with Gasteiger partial charge in [0.15, 0.2) is 5.58 Å². The quantitative estimate of drug-likeness (QED) is 0.693. The normalized spacial score (nSPS) is 11.4. The highest BCUT2D eigenvalue weighted by Gasteiger charge is 2.07. The number of aromatic nitrogens is 1. The second-order valence-electron chi connectivity index (χ2n) is 3.81. The molecule has 0 radical (unpaired) electrons. The maximum absolute atomic E-state index is 11.2. The van der Waals surface area contributed by atoms with Crippen molar-refractivity contribution in [2.24, 2.45) is 7.05 Å². The van der Waals surface area contributed by atoms with Gasteiger partial charge in [0.2, 0.25) is 0 Å². The summed E-state index contributed by atoms with van der Waals surface area (Å²) in [6.07, 6.45) is 0. The van der Waals surface area contributed by atoms with Crippen molar-refractivity contribution in [3.63, 3.8) is 0 Å². The topological polar surface area (TPSA) is 35.1 Å². The highest BCUT2D eigenvalue weighted by molar-refractivity contribution is 5.73. The van der Waals surface area contributed by atoms with E-state index in [9.17, 15) is 4.79 Å². The lowest BCUT2D eigenvalue weighted by Gasteiger charge is -2.04. The van der Waals surface area contributed by atoms with Gasteiger partial charge in [-0.1, -0.05) is 19.9 Å². The minimum absolute atomic E-state index is 0.305. The molecular formula is C11H13NO2. The van der Waals surface area contributed by atoms with Crippen LogP contribution >= 0.6 is 0 Å². The average Bonchev–Trinajstić information content (AvgIpc) is 2.43. The van der Waals surface area contributed by atoms with E-state index in [0.717, 1.165) is 5.52 Å². The lowest BCUT2D eigenvalue weighted by molar-refractivity contribution is 0.528. The molecule has 1 heterocycles. The molecule has 0 unspecified atom stereocenters. The van der Waals surface area contributed by atoms with Crippen LogP contribution in [0.5, 0.6) is 0 Å². The third-order valence-electron chi connectivity index (χ3n) is 2.48. The number of hydrogen-bond acceptors (Lipinski definition) is 2. The maximum Gasteiger partial charge on any atom is 0.419 e. The van der Waals surface area contributed by atoms with Crippen molar-refractivity contribution < 1.29 is 4.42 Å². The molecule has 14 heavy (non-hydrogen) atoms. The molecule has 0 saturated carbocycles. The van der Waals surface area contributed by atoms with Crippen molar-refractivity contribution in [1.29, 1.82) is 0 Å². The summed E-state index contributed by atoms with van der Waals surface area (Å²) in [4.78, 5) is 11.2. The summed E-state index contributed by atoms with van der Waals surface area (Å²) in [6, 6.07) is 5.85. The first-order valence-electron chi connectivity index (χ1n) is 4.69. The van der Waals surface area contributed by atoms with Crippen molar-refractivity contribution in [2.45, 2.75) is 19.8 Å². The molecule has 0 amide bonds. The van der Waals surface area contributed by atoms with Crippen molar-refractivity contribution in [2.75, 3.05) is 0 Å². The summed E-state index contributed by atoms with van der Waals surface area (Å²) in [6.45, 7) is 4.25. The Morgan fingerprint density at radius 3 is 2.71 bits per heavy atom. The zero-order chi connectivity index (χ0) is 10.3. The first-order chi connectivity index (χ1) is 6.59. The second kappa shape index (κ2) is 3.01. The van der Waals surface area contributed by atoms with Crippen LogP contribution in [-0.4, -0.2) is 4.57 Å². The number of nitrogens with zero attached hydrogens (tertiary/aromatic N) is 1. The Bertz CT molecular complexity index is 520. The van der Waals surface area contributed by atoms with Gasteiger partial charge in [-0.25, -0.2) is 4.79 Å². The SMILES string of the molecule is CC(C)c1ccc2oc(=O)n(C)c2c1. The van der Waals surface area contributed by atoms with Crippen LogP contribution < -0.4 is 5.76 Å². The van der Waals surface area contributed by atoms with Crippen LogP contribution in [0.4, 0.5) is 0 Å². The predicted octanol–water partition coefficient (Wildman–Crippen LogP) is 2.25. The Balaban J connectivity index is 2.76. The lowest BCUT2D eigenvalue weighted by atomic mass is 10.0. The van der Waals surface area contributed by atoms with Gasteiger partial charge in [-0.15, -0.1) is 0 Å². The van der Waals surface area contributed by atoms with E-state index in [4.69, 9.17) is 4.42 Å². The minimum Gasteiger partial charge on any atom is -0.408 e. The molecule has 74 valence electrons. The summed E-state index contributed by atoms with van der Waals surface area (Å²) < 4.78 is 6.57. The van der Waals surface area contributed by atoms with E-state index >= 15 is 0 Å². The zero-order valence-electron chi connectivity index (χ0n) is 8.57. The summed E-state index contributed by atoms with van der Waals surface area (Å²) in [7, 11) is 1.72. The number of rotatable bonds is 1. The van der Waals surface area contributed by atoms with Crippen LogP contribution in [0, 0.1) is 0 Å². The van der Waals surface area contributed by atoms with E-state index in [2.05, 4.69) is 13.8 Å². The predicted molar refractivity (Wildman–Crippen MR) is 55.5 cm³/mol. The molecule has 3 heteroatoms. The van der Waals surface area contributed by atoms with Crippen molar-refractivity contribution in [1.82, 2.24) is 4.57 Å². The van der Waals surface area contributed by atoms with E-state index in [1.807, 2.05) is 18.2 Å². The number of oxazole rings is 1. The molecule has 0 saturated heterocycles. The monoisotopic (exact) mass is 191 g/mol. The third kappa shape index (κ3) is 1.25. The number of aryl methyl sites for hydroxylation is 1. The molecule has 0 aliphatic heterocycles. The Kier molecular flexibility index (Phi) is 1.95. The molecule has 0 fully saturated rings. The maximum atomic E-state index is 11.2. The molecular weight excluding hydrogens is 178 g/mol. The van der Waals surface area contributed by atoms with Crippen LogP contribution in [0.2, 0.25) is 0 Å². The van der Waals surface area contributed by atoms with Crippen LogP contribution in [0.25, 0.3) is 11.1 Å². The fourth-order valence-electron chi connectivity index (χ4n) is 1.50. The third-order valence-corrected chi connectivity index (χ3v) is 2.48. The average molecular weight is 191 g/mol. The van der Waals surface area contributed by atoms with E-state index in [-0.39, 0.29) is 5.76 Å². The molecule has 0 aliphatic carbocycles. The van der Waals surface area contributed by atoms with Gasteiger partial charge in [-0.05, 0) is 23.6 Å². The van der Waals surface area contributed by atoms with Gasteiger partial charge in [0, 0.05) is 7.05 Å². The molecule has 0 aliphatic rings. The lowest BCUT2D eigenvalue weighted by Crippen LogP contribution is -2.08. The summed E-state index contributed by atoms with van der Waals surface area (Å²) in [5, 5.41) is 0. The Hall–Kier alpha value is -1.51. The van der Waals surface area contributed by atoms with Gasteiger partial charge in [0.1, 0.15) is 0 Å². The molecule has 0 atom stereocenters. The van der Waals surface area contributed by atoms with Gasteiger partial charge in [-0.3, -0.25) is 4.57 Å². The fraction of sp³-hybridized carbons (Fsp3) is 0.364. The molecule has 3 nitrogen and oxygen atoms in total. The molecule has 0 bridgehead atoms.